The van der Waals surface area contributed by atoms with Crippen molar-refractivity contribution in [1.29, 1.82) is 0 Å². The van der Waals surface area contributed by atoms with Gasteiger partial charge in [-0.15, -0.1) is 13.2 Å². The maximum Gasteiger partial charge on any atom is 0.522 e. The van der Waals surface area contributed by atoms with Gasteiger partial charge in [-0.05, 0) is 31.1 Å². The third kappa shape index (κ3) is 8.33. The normalized spacial score (nSPS) is 17.2. The lowest BCUT2D eigenvalue weighted by Gasteiger charge is -2.22. The standard InChI is InChI=1S/C12H22F3NO2/c1-4-10(18-12(13,14)15)6-5-8(2)9(3)7-11(16)17/h8-10H,4-7H2,1-3H3,(H2,16,17)/t8?,9-,10?/m0/s1. The predicted octanol–water partition coefficient (Wildman–Crippen LogP) is 3.23. The molecule has 0 fully saturated rings. The van der Waals surface area contributed by atoms with Crippen molar-refractivity contribution in [3.8, 4) is 0 Å². The zero-order valence-corrected chi connectivity index (χ0v) is 11.1. The molecule has 0 spiro atoms. The third-order valence-electron chi connectivity index (χ3n) is 3.19. The van der Waals surface area contributed by atoms with Crippen LogP contribution in [-0.4, -0.2) is 18.4 Å². The molecule has 3 nitrogen and oxygen atoms in total. The van der Waals surface area contributed by atoms with E-state index < -0.39 is 12.5 Å². The molecule has 0 rings (SSSR count). The summed E-state index contributed by atoms with van der Waals surface area (Å²) in [4.78, 5) is 10.7. The van der Waals surface area contributed by atoms with Crippen LogP contribution in [0.1, 0.15) is 46.5 Å². The van der Waals surface area contributed by atoms with E-state index in [-0.39, 0.29) is 24.2 Å². The molecule has 0 heterocycles. The van der Waals surface area contributed by atoms with Crippen LogP contribution < -0.4 is 5.73 Å². The molecule has 18 heavy (non-hydrogen) atoms. The first-order chi connectivity index (χ1) is 8.15. The van der Waals surface area contributed by atoms with Gasteiger partial charge in [-0.3, -0.25) is 9.53 Å². The van der Waals surface area contributed by atoms with Gasteiger partial charge in [0.2, 0.25) is 5.91 Å². The molecule has 3 atom stereocenters. The Morgan fingerprint density at radius 3 is 2.17 bits per heavy atom. The van der Waals surface area contributed by atoms with Gasteiger partial charge in [0, 0.05) is 6.42 Å². The molecule has 0 aromatic rings. The number of alkyl halides is 3. The van der Waals surface area contributed by atoms with Crippen molar-refractivity contribution < 1.29 is 22.7 Å². The smallest absolute Gasteiger partial charge is 0.370 e. The summed E-state index contributed by atoms with van der Waals surface area (Å²) < 4.78 is 40.2. The number of halogens is 3. The van der Waals surface area contributed by atoms with E-state index in [1.54, 1.807) is 6.92 Å². The van der Waals surface area contributed by atoms with E-state index in [1.165, 1.54) is 0 Å². The van der Waals surface area contributed by atoms with Crippen LogP contribution >= 0.6 is 0 Å². The highest BCUT2D eigenvalue weighted by molar-refractivity contribution is 5.73. The van der Waals surface area contributed by atoms with Crippen molar-refractivity contribution in [1.82, 2.24) is 0 Å². The lowest BCUT2D eigenvalue weighted by atomic mass is 9.88. The minimum atomic E-state index is -4.58. The number of carbonyl (C=O) groups is 1. The number of ether oxygens (including phenoxy) is 1. The Balaban J connectivity index is 4.08. The van der Waals surface area contributed by atoms with Crippen molar-refractivity contribution in [3.05, 3.63) is 0 Å². The summed E-state index contributed by atoms with van der Waals surface area (Å²) in [5, 5.41) is 0. The molecule has 0 bridgehead atoms. The molecule has 0 aliphatic heterocycles. The van der Waals surface area contributed by atoms with Crippen LogP contribution in [0.15, 0.2) is 0 Å². The van der Waals surface area contributed by atoms with Crippen molar-refractivity contribution in [2.45, 2.75) is 58.9 Å². The van der Waals surface area contributed by atoms with Crippen molar-refractivity contribution in [2.75, 3.05) is 0 Å². The molecular weight excluding hydrogens is 247 g/mol. The van der Waals surface area contributed by atoms with Crippen molar-refractivity contribution in [2.24, 2.45) is 17.6 Å². The van der Waals surface area contributed by atoms with E-state index in [0.717, 1.165) is 0 Å². The summed E-state index contributed by atoms with van der Waals surface area (Å²) in [5.74, 6) is -0.165. The summed E-state index contributed by atoms with van der Waals surface area (Å²) in [6.07, 6.45) is -3.89. The van der Waals surface area contributed by atoms with Crippen molar-refractivity contribution >= 4 is 5.91 Å². The highest BCUT2D eigenvalue weighted by Crippen LogP contribution is 2.26. The quantitative estimate of drug-likeness (QED) is 0.735. The van der Waals surface area contributed by atoms with Crippen LogP contribution in [0.3, 0.4) is 0 Å². The molecule has 1 amide bonds. The minimum Gasteiger partial charge on any atom is -0.370 e. The SMILES string of the molecule is CCC(CCC(C)[C@@H](C)CC(N)=O)OC(F)(F)F. The summed E-state index contributed by atoms with van der Waals surface area (Å²) in [6.45, 7) is 5.45. The lowest BCUT2D eigenvalue weighted by Crippen LogP contribution is -2.25. The van der Waals surface area contributed by atoms with Gasteiger partial charge in [-0.2, -0.15) is 0 Å². The molecule has 0 saturated carbocycles. The molecule has 0 aromatic carbocycles. The fourth-order valence-corrected chi connectivity index (χ4v) is 1.79. The summed E-state index contributed by atoms with van der Waals surface area (Å²) >= 11 is 0. The Labute approximate surface area is 106 Å². The van der Waals surface area contributed by atoms with E-state index in [9.17, 15) is 18.0 Å². The number of carbonyl (C=O) groups excluding carboxylic acids is 1. The summed E-state index contributed by atoms with van der Waals surface area (Å²) in [6, 6.07) is 0. The Morgan fingerprint density at radius 1 is 1.22 bits per heavy atom. The third-order valence-corrected chi connectivity index (χ3v) is 3.19. The van der Waals surface area contributed by atoms with E-state index in [1.807, 2.05) is 13.8 Å². The topological polar surface area (TPSA) is 52.3 Å². The number of rotatable bonds is 8. The molecule has 2 unspecified atom stereocenters. The largest absolute Gasteiger partial charge is 0.522 e. The average molecular weight is 269 g/mol. The van der Waals surface area contributed by atoms with E-state index >= 15 is 0 Å². The van der Waals surface area contributed by atoms with E-state index in [2.05, 4.69) is 4.74 Å². The van der Waals surface area contributed by atoms with Gasteiger partial charge >= 0.3 is 6.36 Å². The fraction of sp³-hybridized carbons (Fsp3) is 0.917. The molecule has 2 N–H and O–H groups in total. The second-order valence-electron chi connectivity index (χ2n) is 4.80. The lowest BCUT2D eigenvalue weighted by molar-refractivity contribution is -0.343. The zero-order valence-electron chi connectivity index (χ0n) is 11.1. The van der Waals surface area contributed by atoms with Crippen LogP contribution in [0, 0.1) is 11.8 Å². The Kier molecular flexibility index (Phi) is 7.28. The molecule has 0 radical (unpaired) electrons. The molecule has 0 aliphatic rings. The monoisotopic (exact) mass is 269 g/mol. The van der Waals surface area contributed by atoms with Crippen LogP contribution in [0.5, 0.6) is 0 Å². The van der Waals surface area contributed by atoms with Crippen LogP contribution in [0.25, 0.3) is 0 Å². The number of nitrogens with two attached hydrogens (primary N) is 1. The van der Waals surface area contributed by atoms with Gasteiger partial charge in [0.1, 0.15) is 0 Å². The first-order valence-corrected chi connectivity index (χ1v) is 6.18. The Morgan fingerprint density at radius 2 is 1.78 bits per heavy atom. The molecule has 6 heteroatoms. The van der Waals surface area contributed by atoms with Crippen LogP contribution in [0.2, 0.25) is 0 Å². The summed E-state index contributed by atoms with van der Waals surface area (Å²) in [5.41, 5.74) is 5.08. The van der Waals surface area contributed by atoms with Gasteiger partial charge in [0.05, 0.1) is 6.10 Å². The predicted molar refractivity (Wildman–Crippen MR) is 62.6 cm³/mol. The van der Waals surface area contributed by atoms with Gasteiger partial charge in [-0.1, -0.05) is 20.8 Å². The van der Waals surface area contributed by atoms with E-state index in [0.29, 0.717) is 19.3 Å². The van der Waals surface area contributed by atoms with Crippen LogP contribution in [0.4, 0.5) is 13.2 Å². The highest BCUT2D eigenvalue weighted by atomic mass is 19.4. The van der Waals surface area contributed by atoms with Gasteiger partial charge in [0.25, 0.3) is 0 Å². The number of amides is 1. The number of hydrogen-bond acceptors (Lipinski definition) is 2. The Hall–Kier alpha value is -0.780. The second kappa shape index (κ2) is 7.61. The Bertz CT molecular complexity index is 256. The first-order valence-electron chi connectivity index (χ1n) is 6.18. The second-order valence-corrected chi connectivity index (χ2v) is 4.80. The van der Waals surface area contributed by atoms with Crippen LogP contribution in [-0.2, 0) is 9.53 Å². The molecular formula is C12H22F3NO2. The van der Waals surface area contributed by atoms with Gasteiger partial charge in [-0.25, -0.2) is 0 Å². The number of hydrogen-bond donors (Lipinski definition) is 1. The molecule has 0 aliphatic carbocycles. The maximum atomic E-state index is 12.1. The summed E-state index contributed by atoms with van der Waals surface area (Å²) in [7, 11) is 0. The highest BCUT2D eigenvalue weighted by Gasteiger charge is 2.33. The van der Waals surface area contributed by atoms with Gasteiger partial charge < -0.3 is 5.73 Å². The fourth-order valence-electron chi connectivity index (χ4n) is 1.79. The maximum absolute atomic E-state index is 12.1. The first kappa shape index (κ1) is 17.2. The molecule has 0 saturated heterocycles. The average Bonchev–Trinajstić information content (AvgIpc) is 2.20. The van der Waals surface area contributed by atoms with Crippen molar-refractivity contribution in [3.63, 3.8) is 0 Å². The number of primary amides is 1. The van der Waals surface area contributed by atoms with Gasteiger partial charge in [0.15, 0.2) is 0 Å². The molecule has 108 valence electrons. The van der Waals surface area contributed by atoms with E-state index in [4.69, 9.17) is 5.73 Å². The zero-order chi connectivity index (χ0) is 14.3. The molecule has 0 aromatic heterocycles. The minimum absolute atomic E-state index is 0.0749.